The minimum Gasteiger partial charge on any atom is -0.388 e. The lowest BCUT2D eigenvalue weighted by molar-refractivity contribution is -0.288. The number of urea groups is 1. The number of nitrogens with one attached hydrogen (secondary N) is 1. The van der Waals surface area contributed by atoms with E-state index in [1.807, 2.05) is 0 Å². The highest BCUT2D eigenvalue weighted by Crippen LogP contribution is 2.63. The van der Waals surface area contributed by atoms with Crippen LogP contribution in [-0.4, -0.2) is 75.8 Å². The number of hydrogen-bond acceptors (Lipinski definition) is 8. The van der Waals surface area contributed by atoms with Crippen LogP contribution >= 0.6 is 0 Å². The zero-order valence-electron chi connectivity index (χ0n) is 9.83. The number of rotatable bonds is 2. The van der Waals surface area contributed by atoms with E-state index in [2.05, 4.69) is 10.6 Å². The fourth-order valence-electron chi connectivity index (χ4n) is 2.46. The number of aliphatic hydroxyl groups is 3. The van der Waals surface area contributed by atoms with Crippen molar-refractivity contribution in [2.45, 2.75) is 42.3 Å². The van der Waals surface area contributed by atoms with E-state index in [9.17, 15) is 25.0 Å². The van der Waals surface area contributed by atoms with Crippen molar-refractivity contribution in [3.05, 3.63) is 4.91 Å². The lowest BCUT2D eigenvalue weighted by Crippen LogP contribution is -2.67. The molecule has 10 nitrogen and oxygen atoms in total. The molecule has 1 saturated carbocycles. The Bertz CT molecular complexity index is 424. The summed E-state index contributed by atoms with van der Waals surface area (Å²) in [4.78, 5) is 21.6. The standard InChI is InChI=1S/C9H13N3O7/c1-12(11-17)8(16)10-2-3(13)4(14)9(19-7(2)15)5-6(9)18-5/h2-7,13-15H,1H3,(H,10,16)/t2-,3-,4+,5?,6?,7-,9?/m1/s1. The minimum absolute atomic E-state index is 0.317. The van der Waals surface area contributed by atoms with Gasteiger partial charge in [-0.15, -0.1) is 4.91 Å². The molecule has 19 heavy (non-hydrogen) atoms. The summed E-state index contributed by atoms with van der Waals surface area (Å²) in [6, 6.07) is -2.20. The van der Waals surface area contributed by atoms with Crippen LogP contribution in [0.3, 0.4) is 0 Å². The predicted molar refractivity (Wildman–Crippen MR) is 56.4 cm³/mol. The third-order valence-electron chi connectivity index (χ3n) is 3.76. The van der Waals surface area contributed by atoms with Crippen molar-refractivity contribution in [1.82, 2.24) is 10.3 Å². The minimum atomic E-state index is -1.51. The monoisotopic (exact) mass is 275 g/mol. The Morgan fingerprint density at radius 2 is 2.00 bits per heavy atom. The van der Waals surface area contributed by atoms with Crippen LogP contribution in [0, 0.1) is 4.91 Å². The number of fused-ring (bicyclic) bond motifs is 3. The molecule has 2 saturated heterocycles. The average Bonchev–Trinajstić information content (AvgIpc) is 3.27. The van der Waals surface area contributed by atoms with Gasteiger partial charge in [0.15, 0.2) is 11.9 Å². The summed E-state index contributed by atoms with van der Waals surface area (Å²) in [5, 5.41) is 34.7. The first-order valence-corrected chi connectivity index (χ1v) is 5.68. The van der Waals surface area contributed by atoms with Crippen LogP contribution in [0.5, 0.6) is 0 Å². The quantitative estimate of drug-likeness (QED) is 0.243. The molecule has 2 unspecified atom stereocenters. The van der Waals surface area contributed by atoms with Crippen molar-refractivity contribution in [2.24, 2.45) is 5.29 Å². The highest BCUT2D eigenvalue weighted by Gasteiger charge is 2.87. The summed E-state index contributed by atoms with van der Waals surface area (Å²) in [6.45, 7) is 0. The van der Waals surface area contributed by atoms with Gasteiger partial charge < -0.3 is 30.1 Å². The van der Waals surface area contributed by atoms with E-state index >= 15 is 0 Å². The maximum absolute atomic E-state index is 11.4. The highest BCUT2D eigenvalue weighted by atomic mass is 16.7. The molecule has 10 heteroatoms. The molecule has 2 aliphatic heterocycles. The molecule has 4 N–H and O–H groups in total. The molecular formula is C9H13N3O7. The molecule has 2 heterocycles. The second kappa shape index (κ2) is 3.84. The number of carbonyl (C=O) groups is 1. The van der Waals surface area contributed by atoms with E-state index in [0.717, 1.165) is 7.05 Å². The van der Waals surface area contributed by atoms with Gasteiger partial charge in [0.05, 0.1) is 5.29 Å². The molecule has 0 radical (unpaired) electrons. The Hall–Kier alpha value is -1.33. The molecule has 2 amide bonds. The number of epoxide rings is 1. The van der Waals surface area contributed by atoms with E-state index in [4.69, 9.17) is 9.47 Å². The second-order valence-electron chi connectivity index (χ2n) is 4.86. The van der Waals surface area contributed by atoms with Gasteiger partial charge in [-0.3, -0.25) is 0 Å². The number of aliphatic hydroxyl groups excluding tert-OH is 3. The van der Waals surface area contributed by atoms with Gasteiger partial charge in [-0.1, -0.05) is 0 Å². The number of carbonyl (C=O) groups excluding carboxylic acids is 1. The van der Waals surface area contributed by atoms with E-state index in [1.165, 1.54) is 0 Å². The maximum atomic E-state index is 11.4. The highest BCUT2D eigenvalue weighted by molar-refractivity contribution is 5.74. The molecule has 0 aromatic rings. The molecule has 0 aromatic heterocycles. The van der Waals surface area contributed by atoms with Crippen molar-refractivity contribution in [1.29, 1.82) is 0 Å². The largest absolute Gasteiger partial charge is 0.388 e. The van der Waals surface area contributed by atoms with Crippen LogP contribution in [0.2, 0.25) is 0 Å². The van der Waals surface area contributed by atoms with Crippen molar-refractivity contribution in [2.75, 3.05) is 7.05 Å². The summed E-state index contributed by atoms with van der Waals surface area (Å²) >= 11 is 0. The Morgan fingerprint density at radius 3 is 2.47 bits per heavy atom. The number of nitrogens with zero attached hydrogens (tertiary/aromatic N) is 2. The van der Waals surface area contributed by atoms with E-state index in [0.29, 0.717) is 5.01 Å². The Balaban J connectivity index is 1.69. The smallest absolute Gasteiger partial charge is 0.340 e. The predicted octanol–water partition coefficient (Wildman–Crippen LogP) is -2.73. The topological polar surface area (TPSA) is 144 Å². The molecule has 0 aromatic carbocycles. The third kappa shape index (κ3) is 1.58. The van der Waals surface area contributed by atoms with Crippen LogP contribution in [0.4, 0.5) is 4.79 Å². The summed E-state index contributed by atoms with van der Waals surface area (Å²) in [6.07, 6.45) is -4.88. The third-order valence-corrected chi connectivity index (χ3v) is 3.76. The van der Waals surface area contributed by atoms with Gasteiger partial charge in [0.2, 0.25) is 0 Å². The lowest BCUT2D eigenvalue weighted by atomic mass is 9.94. The molecule has 6 atom stereocenters. The molecule has 106 valence electrons. The molecule has 3 rings (SSSR count). The Kier molecular flexibility index (Phi) is 2.56. The molecule has 1 aliphatic carbocycles. The number of nitroso groups, excluding NO2 is 1. The van der Waals surface area contributed by atoms with Gasteiger partial charge in [-0.2, -0.15) is 5.01 Å². The van der Waals surface area contributed by atoms with E-state index in [-0.39, 0.29) is 12.2 Å². The van der Waals surface area contributed by atoms with Gasteiger partial charge in [0.25, 0.3) is 0 Å². The van der Waals surface area contributed by atoms with Gasteiger partial charge in [-0.25, -0.2) is 4.79 Å². The Labute approximate surface area is 106 Å². The fourth-order valence-corrected chi connectivity index (χ4v) is 2.46. The average molecular weight is 275 g/mol. The maximum Gasteiger partial charge on any atom is 0.340 e. The SMILES string of the molecule is CN(N=O)C(=O)N[C@@H]1[C@@H](O)[C@H](O)C2(O[C@H]1O)C1OC12. The summed E-state index contributed by atoms with van der Waals surface area (Å²) in [5.41, 5.74) is -1.07. The summed E-state index contributed by atoms with van der Waals surface area (Å²) < 4.78 is 10.2. The van der Waals surface area contributed by atoms with Crippen LogP contribution in [-0.2, 0) is 9.47 Å². The molecule has 0 bridgehead atoms. The number of amides is 2. The summed E-state index contributed by atoms with van der Waals surface area (Å²) in [7, 11) is 1.10. The van der Waals surface area contributed by atoms with Crippen molar-refractivity contribution in [3.63, 3.8) is 0 Å². The van der Waals surface area contributed by atoms with Crippen LogP contribution in [0.1, 0.15) is 0 Å². The zero-order chi connectivity index (χ0) is 13.9. The Morgan fingerprint density at radius 1 is 1.37 bits per heavy atom. The van der Waals surface area contributed by atoms with Crippen molar-refractivity contribution < 1.29 is 29.6 Å². The van der Waals surface area contributed by atoms with Crippen molar-refractivity contribution in [3.8, 4) is 0 Å². The first kappa shape index (κ1) is 12.7. The zero-order valence-corrected chi connectivity index (χ0v) is 9.83. The second-order valence-corrected chi connectivity index (χ2v) is 4.86. The fraction of sp³-hybridized carbons (Fsp3) is 0.889. The molecular weight excluding hydrogens is 262 g/mol. The van der Waals surface area contributed by atoms with Crippen LogP contribution in [0.15, 0.2) is 5.29 Å². The number of hydrogen-bond donors (Lipinski definition) is 4. The molecule has 3 fully saturated rings. The van der Waals surface area contributed by atoms with Gasteiger partial charge in [0.1, 0.15) is 30.5 Å². The first-order valence-electron chi connectivity index (χ1n) is 5.68. The number of ether oxygens (including phenoxy) is 2. The van der Waals surface area contributed by atoms with E-state index in [1.54, 1.807) is 0 Å². The lowest BCUT2D eigenvalue weighted by Gasteiger charge is -2.43. The molecule has 3 aliphatic rings. The normalized spacial score (nSPS) is 50.3. The van der Waals surface area contributed by atoms with Crippen LogP contribution < -0.4 is 5.32 Å². The summed E-state index contributed by atoms with van der Waals surface area (Å²) in [5.74, 6) is 0. The van der Waals surface area contributed by atoms with Crippen LogP contribution in [0.25, 0.3) is 0 Å². The first-order chi connectivity index (χ1) is 8.93. The van der Waals surface area contributed by atoms with E-state index < -0.39 is 36.2 Å². The molecule has 1 spiro atoms. The van der Waals surface area contributed by atoms with Gasteiger partial charge >= 0.3 is 6.03 Å². The van der Waals surface area contributed by atoms with Crippen molar-refractivity contribution >= 4 is 6.03 Å². The van der Waals surface area contributed by atoms with Gasteiger partial charge in [0, 0.05) is 7.05 Å². The van der Waals surface area contributed by atoms with Gasteiger partial charge in [-0.05, 0) is 0 Å².